The van der Waals surface area contributed by atoms with Crippen LogP contribution < -0.4 is 4.74 Å². The minimum Gasteiger partial charge on any atom is -0.467 e. The van der Waals surface area contributed by atoms with Crippen molar-refractivity contribution < 1.29 is 21.9 Å². The van der Waals surface area contributed by atoms with Gasteiger partial charge in [0.15, 0.2) is 5.82 Å². The molecule has 1 aliphatic heterocycles. The largest absolute Gasteiger partial charge is 0.467 e. The summed E-state index contributed by atoms with van der Waals surface area (Å²) < 4.78 is 60.6. The second kappa shape index (κ2) is 7.62. The predicted molar refractivity (Wildman–Crippen MR) is 108 cm³/mol. The van der Waals surface area contributed by atoms with E-state index >= 15 is 0 Å². The van der Waals surface area contributed by atoms with Gasteiger partial charge in [-0.2, -0.15) is 9.29 Å². The van der Waals surface area contributed by atoms with Crippen LogP contribution in [0.3, 0.4) is 0 Å². The molecular formula is C20H20F2N2O3S2. The van der Waals surface area contributed by atoms with E-state index in [0.717, 1.165) is 28.5 Å². The van der Waals surface area contributed by atoms with Crippen LogP contribution in [0.15, 0.2) is 35.2 Å². The van der Waals surface area contributed by atoms with Crippen molar-refractivity contribution in [1.82, 2.24) is 9.29 Å². The van der Waals surface area contributed by atoms with Gasteiger partial charge in [-0.15, -0.1) is 0 Å². The zero-order valence-electron chi connectivity index (χ0n) is 16.0. The van der Waals surface area contributed by atoms with Crippen molar-refractivity contribution in [2.24, 2.45) is 0 Å². The zero-order chi connectivity index (χ0) is 20.8. The van der Waals surface area contributed by atoms with E-state index in [2.05, 4.69) is 4.98 Å². The smallest absolute Gasteiger partial charge is 0.274 e. The molecule has 5 nitrogen and oxygen atoms in total. The van der Waals surface area contributed by atoms with Gasteiger partial charge in [-0.1, -0.05) is 17.4 Å². The molecule has 4 rings (SSSR count). The Morgan fingerprint density at radius 2 is 1.83 bits per heavy atom. The molecule has 0 radical (unpaired) electrons. The number of piperidine rings is 1. The lowest BCUT2D eigenvalue weighted by molar-refractivity contribution is 0.135. The number of hydrogen-bond acceptors (Lipinski definition) is 5. The third kappa shape index (κ3) is 3.99. The Labute approximate surface area is 172 Å². The van der Waals surface area contributed by atoms with Gasteiger partial charge in [0.2, 0.25) is 10.0 Å². The molecule has 0 aliphatic carbocycles. The molecule has 3 aromatic rings. The van der Waals surface area contributed by atoms with Crippen molar-refractivity contribution in [3.05, 3.63) is 53.1 Å². The highest BCUT2D eigenvalue weighted by Crippen LogP contribution is 2.32. The number of thiazole rings is 1. The molecule has 1 fully saturated rings. The summed E-state index contributed by atoms with van der Waals surface area (Å²) in [5, 5.41) is 0.264. The molecule has 1 aromatic heterocycles. The van der Waals surface area contributed by atoms with Crippen LogP contribution in [-0.4, -0.2) is 36.9 Å². The van der Waals surface area contributed by atoms with Crippen molar-refractivity contribution in [2.75, 3.05) is 13.1 Å². The van der Waals surface area contributed by atoms with Crippen LogP contribution in [0.4, 0.5) is 8.78 Å². The van der Waals surface area contributed by atoms with Gasteiger partial charge >= 0.3 is 0 Å². The number of hydrogen-bond donors (Lipinski definition) is 0. The van der Waals surface area contributed by atoms with Crippen LogP contribution in [0, 0.1) is 25.5 Å². The summed E-state index contributed by atoms with van der Waals surface area (Å²) in [6, 6.07) is 7.16. The summed E-state index contributed by atoms with van der Waals surface area (Å²) in [5.41, 5.74) is 2.06. The van der Waals surface area contributed by atoms with Crippen molar-refractivity contribution in [3.63, 3.8) is 0 Å². The van der Waals surface area contributed by atoms with Crippen molar-refractivity contribution in [1.29, 1.82) is 0 Å². The molecule has 9 heteroatoms. The number of rotatable bonds is 4. The summed E-state index contributed by atoms with van der Waals surface area (Å²) >= 11 is 1.08. The molecular weight excluding hydrogens is 418 g/mol. The SMILES string of the molecule is Cc1ccc(S(=O)(=O)N2CCC(Oc3nc4c(F)cc(F)cc4s3)CC2)cc1C. The van der Waals surface area contributed by atoms with Gasteiger partial charge in [-0.3, -0.25) is 0 Å². The number of aryl methyl sites for hydroxylation is 2. The molecule has 29 heavy (non-hydrogen) atoms. The highest BCUT2D eigenvalue weighted by atomic mass is 32.2. The topological polar surface area (TPSA) is 59.5 Å². The summed E-state index contributed by atoms with van der Waals surface area (Å²) in [4.78, 5) is 4.40. The number of fused-ring (bicyclic) bond motifs is 1. The standard InChI is InChI=1S/C20H20F2N2O3S2/c1-12-3-4-16(9-13(12)2)29(25,26)24-7-5-15(6-8-24)27-20-23-19-17(22)10-14(21)11-18(19)28-20/h3-4,9-11,15H,5-8H2,1-2H3. The lowest BCUT2D eigenvalue weighted by atomic mass is 10.1. The molecule has 0 atom stereocenters. The molecule has 1 aliphatic rings. The van der Waals surface area contributed by atoms with Crippen molar-refractivity contribution in [2.45, 2.75) is 37.7 Å². The molecule has 0 N–H and O–H groups in total. The highest BCUT2D eigenvalue weighted by Gasteiger charge is 2.30. The molecule has 0 saturated carbocycles. The van der Waals surface area contributed by atoms with Crippen LogP contribution in [0.25, 0.3) is 10.2 Å². The predicted octanol–water partition coefficient (Wildman–Crippen LogP) is 4.42. The normalized spacial score (nSPS) is 16.4. The fourth-order valence-electron chi connectivity index (χ4n) is 3.34. The number of nitrogens with zero attached hydrogens (tertiary/aromatic N) is 2. The first-order valence-corrected chi connectivity index (χ1v) is 11.5. The van der Waals surface area contributed by atoms with Crippen LogP contribution in [0.1, 0.15) is 24.0 Å². The van der Waals surface area contributed by atoms with Gasteiger partial charge in [0.25, 0.3) is 5.19 Å². The average molecular weight is 439 g/mol. The first-order chi connectivity index (χ1) is 13.7. The van der Waals surface area contributed by atoms with E-state index in [9.17, 15) is 17.2 Å². The van der Waals surface area contributed by atoms with Gasteiger partial charge in [0.05, 0.1) is 9.60 Å². The van der Waals surface area contributed by atoms with E-state index in [1.165, 1.54) is 10.4 Å². The minimum atomic E-state index is -3.55. The third-order valence-corrected chi connectivity index (χ3v) is 7.97. The Morgan fingerprint density at radius 1 is 1.10 bits per heavy atom. The Balaban J connectivity index is 1.44. The second-order valence-corrected chi connectivity index (χ2v) is 10.1. The van der Waals surface area contributed by atoms with Crippen LogP contribution in [-0.2, 0) is 10.0 Å². The molecule has 2 heterocycles. The number of sulfonamides is 1. The minimum absolute atomic E-state index is 0.0844. The first-order valence-electron chi connectivity index (χ1n) is 9.23. The quantitative estimate of drug-likeness (QED) is 0.605. The summed E-state index contributed by atoms with van der Waals surface area (Å²) in [7, 11) is -3.55. The lowest BCUT2D eigenvalue weighted by Gasteiger charge is -2.30. The Kier molecular flexibility index (Phi) is 5.30. The Bertz CT molecular complexity index is 1170. The number of aromatic nitrogens is 1. The molecule has 154 valence electrons. The maximum absolute atomic E-state index is 13.8. The second-order valence-electron chi connectivity index (χ2n) is 7.18. The van der Waals surface area contributed by atoms with E-state index in [4.69, 9.17) is 4.74 Å². The van der Waals surface area contributed by atoms with E-state index in [0.29, 0.717) is 35.5 Å². The number of benzene rings is 2. The van der Waals surface area contributed by atoms with Crippen LogP contribution in [0.5, 0.6) is 5.19 Å². The molecule has 2 aromatic carbocycles. The first kappa shape index (κ1) is 20.2. The summed E-state index contributed by atoms with van der Waals surface area (Å²) in [6.45, 7) is 4.49. The molecule has 0 amide bonds. The summed E-state index contributed by atoms with van der Waals surface area (Å²) in [5.74, 6) is -1.38. The van der Waals surface area contributed by atoms with Gasteiger partial charge in [0.1, 0.15) is 17.4 Å². The summed E-state index contributed by atoms with van der Waals surface area (Å²) in [6.07, 6.45) is 0.767. The number of ether oxygens (including phenoxy) is 1. The highest BCUT2D eigenvalue weighted by molar-refractivity contribution is 7.89. The molecule has 1 saturated heterocycles. The third-order valence-electron chi connectivity index (χ3n) is 5.18. The molecule has 0 unspecified atom stereocenters. The maximum Gasteiger partial charge on any atom is 0.274 e. The Morgan fingerprint density at radius 3 is 2.52 bits per heavy atom. The average Bonchev–Trinajstić information content (AvgIpc) is 3.07. The van der Waals surface area contributed by atoms with Crippen molar-refractivity contribution in [3.8, 4) is 5.19 Å². The van der Waals surface area contributed by atoms with Crippen molar-refractivity contribution >= 4 is 31.6 Å². The van der Waals surface area contributed by atoms with E-state index in [1.54, 1.807) is 12.1 Å². The van der Waals surface area contributed by atoms with E-state index in [-0.39, 0.29) is 16.8 Å². The lowest BCUT2D eigenvalue weighted by Crippen LogP contribution is -2.41. The fraction of sp³-hybridized carbons (Fsp3) is 0.350. The zero-order valence-corrected chi connectivity index (χ0v) is 17.6. The molecule has 0 bridgehead atoms. The number of halogens is 2. The van der Waals surface area contributed by atoms with Crippen LogP contribution >= 0.6 is 11.3 Å². The van der Waals surface area contributed by atoms with Gasteiger partial charge in [-0.25, -0.2) is 17.2 Å². The fourth-order valence-corrected chi connectivity index (χ4v) is 5.82. The van der Waals surface area contributed by atoms with Gasteiger partial charge < -0.3 is 4.74 Å². The monoisotopic (exact) mass is 438 g/mol. The van der Waals surface area contributed by atoms with E-state index < -0.39 is 21.7 Å². The van der Waals surface area contributed by atoms with Gasteiger partial charge in [-0.05, 0) is 56.0 Å². The van der Waals surface area contributed by atoms with Gasteiger partial charge in [0, 0.05) is 19.2 Å². The molecule has 0 spiro atoms. The maximum atomic E-state index is 13.8. The Hall–Kier alpha value is -2.10. The van der Waals surface area contributed by atoms with E-state index in [1.807, 2.05) is 19.9 Å². The van der Waals surface area contributed by atoms with Crippen LogP contribution in [0.2, 0.25) is 0 Å².